The average Bonchev–Trinajstić information content (AvgIpc) is 2.41. The second-order valence-corrected chi connectivity index (χ2v) is 5.34. The minimum absolute atomic E-state index is 0.251. The van der Waals surface area contributed by atoms with Crippen molar-refractivity contribution in [1.82, 2.24) is 4.98 Å². The van der Waals surface area contributed by atoms with Gasteiger partial charge in [0.2, 0.25) is 0 Å². The smallest absolute Gasteiger partial charge is 0.342 e. The Balaban J connectivity index is 2.14. The van der Waals surface area contributed by atoms with Gasteiger partial charge in [0.1, 0.15) is 17.6 Å². The van der Waals surface area contributed by atoms with Crippen LogP contribution in [0.25, 0.3) is 0 Å². The molecule has 0 bridgehead atoms. The van der Waals surface area contributed by atoms with Gasteiger partial charge in [-0.3, -0.25) is 10.1 Å². The number of hydrogen-bond donors (Lipinski definition) is 2. The summed E-state index contributed by atoms with van der Waals surface area (Å²) in [6.45, 7) is 0. The number of nitrogens with one attached hydrogen (secondary N) is 1. The molecule has 1 fully saturated rings. The Kier molecular flexibility index (Phi) is 5.08. The summed E-state index contributed by atoms with van der Waals surface area (Å²) < 4.78 is 0. The lowest BCUT2D eigenvalue weighted by Gasteiger charge is -2.21. The van der Waals surface area contributed by atoms with E-state index in [9.17, 15) is 14.9 Å². The standard InChI is InChI=1S/C14H19N3O4/c18-14(19)11-8-13(15-9-12(11)17(20)21)16-10-6-4-2-1-3-5-7-10/h8-10H,1-7H2,(H,15,16)(H,18,19). The number of carbonyl (C=O) groups is 1. The van der Waals surface area contributed by atoms with Crippen molar-refractivity contribution in [3.63, 3.8) is 0 Å². The van der Waals surface area contributed by atoms with E-state index in [1.54, 1.807) is 0 Å². The van der Waals surface area contributed by atoms with Crippen LogP contribution in [0.15, 0.2) is 12.3 Å². The number of nitrogens with zero attached hydrogens (tertiary/aromatic N) is 2. The summed E-state index contributed by atoms with van der Waals surface area (Å²) in [5.74, 6) is -0.923. The van der Waals surface area contributed by atoms with E-state index in [0.717, 1.165) is 31.9 Å². The van der Waals surface area contributed by atoms with E-state index >= 15 is 0 Å². The fourth-order valence-electron chi connectivity index (χ4n) is 2.65. The predicted molar refractivity (Wildman–Crippen MR) is 77.6 cm³/mol. The van der Waals surface area contributed by atoms with E-state index in [4.69, 9.17) is 5.11 Å². The highest BCUT2D eigenvalue weighted by molar-refractivity contribution is 5.93. The van der Waals surface area contributed by atoms with Crippen molar-refractivity contribution in [3.8, 4) is 0 Å². The molecule has 2 rings (SSSR count). The van der Waals surface area contributed by atoms with E-state index in [1.807, 2.05) is 0 Å². The molecule has 1 aromatic rings. The Hall–Kier alpha value is -2.18. The van der Waals surface area contributed by atoms with Crippen LogP contribution in [0.5, 0.6) is 0 Å². The van der Waals surface area contributed by atoms with Crippen LogP contribution in [0.2, 0.25) is 0 Å². The zero-order chi connectivity index (χ0) is 15.2. The second-order valence-electron chi connectivity index (χ2n) is 5.34. The van der Waals surface area contributed by atoms with E-state index in [2.05, 4.69) is 10.3 Å². The highest BCUT2D eigenvalue weighted by Gasteiger charge is 2.22. The van der Waals surface area contributed by atoms with E-state index in [0.29, 0.717) is 5.82 Å². The third-order valence-electron chi connectivity index (χ3n) is 3.77. The van der Waals surface area contributed by atoms with Gasteiger partial charge in [0.15, 0.2) is 0 Å². The topological polar surface area (TPSA) is 105 Å². The number of carboxylic acid groups (broad SMARTS) is 1. The molecule has 0 spiro atoms. The Morgan fingerprint density at radius 3 is 2.48 bits per heavy atom. The van der Waals surface area contributed by atoms with Crippen molar-refractivity contribution in [1.29, 1.82) is 0 Å². The van der Waals surface area contributed by atoms with Crippen LogP contribution in [0, 0.1) is 10.1 Å². The van der Waals surface area contributed by atoms with Crippen LogP contribution >= 0.6 is 0 Å². The Morgan fingerprint density at radius 1 is 1.29 bits per heavy atom. The predicted octanol–water partition coefficient (Wildman–Crippen LogP) is 3.21. The number of rotatable bonds is 4. The Morgan fingerprint density at radius 2 is 1.90 bits per heavy atom. The number of nitro groups is 1. The normalized spacial score (nSPS) is 16.8. The maximum Gasteiger partial charge on any atom is 0.342 e. The maximum absolute atomic E-state index is 11.1. The quantitative estimate of drug-likeness (QED) is 0.652. The Labute approximate surface area is 122 Å². The molecule has 0 radical (unpaired) electrons. The van der Waals surface area contributed by atoms with Gasteiger partial charge in [0.05, 0.1) is 4.92 Å². The number of carboxylic acids is 1. The summed E-state index contributed by atoms with van der Waals surface area (Å²) in [4.78, 5) is 25.2. The number of aromatic nitrogens is 1. The molecule has 0 amide bonds. The van der Waals surface area contributed by atoms with Crippen molar-refractivity contribution in [3.05, 3.63) is 27.9 Å². The van der Waals surface area contributed by atoms with Gasteiger partial charge in [-0.25, -0.2) is 9.78 Å². The molecule has 7 nitrogen and oxygen atoms in total. The van der Waals surface area contributed by atoms with Crippen molar-refractivity contribution >= 4 is 17.5 Å². The third kappa shape index (κ3) is 4.14. The van der Waals surface area contributed by atoms with Crippen molar-refractivity contribution in [2.45, 2.75) is 51.0 Å². The van der Waals surface area contributed by atoms with Crippen LogP contribution < -0.4 is 5.32 Å². The SMILES string of the molecule is O=C(O)c1cc(NC2CCCCCCC2)ncc1[N+](=O)[O-]. The highest BCUT2D eigenvalue weighted by atomic mass is 16.6. The first kappa shape index (κ1) is 15.2. The monoisotopic (exact) mass is 293 g/mol. The van der Waals surface area contributed by atoms with Gasteiger partial charge in [-0.2, -0.15) is 0 Å². The van der Waals surface area contributed by atoms with Crippen LogP contribution in [0.3, 0.4) is 0 Å². The Bertz CT molecular complexity index is 525. The fourth-order valence-corrected chi connectivity index (χ4v) is 2.65. The molecular formula is C14H19N3O4. The van der Waals surface area contributed by atoms with Crippen LogP contribution in [0.1, 0.15) is 55.3 Å². The first-order valence-corrected chi connectivity index (χ1v) is 7.22. The number of anilines is 1. The number of pyridine rings is 1. The lowest BCUT2D eigenvalue weighted by Crippen LogP contribution is -2.21. The third-order valence-corrected chi connectivity index (χ3v) is 3.77. The molecule has 0 unspecified atom stereocenters. The highest BCUT2D eigenvalue weighted by Crippen LogP contribution is 2.23. The lowest BCUT2D eigenvalue weighted by molar-refractivity contribution is -0.385. The second kappa shape index (κ2) is 7.01. The van der Waals surface area contributed by atoms with E-state index in [1.165, 1.54) is 25.3 Å². The van der Waals surface area contributed by atoms with Crippen molar-refractivity contribution < 1.29 is 14.8 Å². The average molecular weight is 293 g/mol. The fraction of sp³-hybridized carbons (Fsp3) is 0.571. The molecule has 1 aliphatic carbocycles. The van der Waals surface area contributed by atoms with Gasteiger partial charge in [0.25, 0.3) is 0 Å². The van der Waals surface area contributed by atoms with Gasteiger partial charge in [0, 0.05) is 12.1 Å². The molecule has 1 aliphatic rings. The summed E-state index contributed by atoms with van der Waals surface area (Å²) in [5.41, 5.74) is -0.811. The van der Waals surface area contributed by atoms with E-state index < -0.39 is 16.6 Å². The molecular weight excluding hydrogens is 274 g/mol. The summed E-state index contributed by atoms with van der Waals surface area (Å²) >= 11 is 0. The van der Waals surface area contributed by atoms with Gasteiger partial charge in [-0.1, -0.05) is 32.1 Å². The molecule has 1 aromatic heterocycles. The van der Waals surface area contributed by atoms with Gasteiger partial charge in [-0.05, 0) is 12.8 Å². The molecule has 114 valence electrons. The molecule has 0 aromatic carbocycles. The minimum Gasteiger partial charge on any atom is -0.477 e. The molecule has 7 heteroatoms. The molecule has 1 saturated carbocycles. The largest absolute Gasteiger partial charge is 0.477 e. The van der Waals surface area contributed by atoms with Gasteiger partial charge >= 0.3 is 11.7 Å². The first-order valence-electron chi connectivity index (χ1n) is 7.22. The lowest BCUT2D eigenvalue weighted by atomic mass is 9.97. The van der Waals surface area contributed by atoms with Crippen molar-refractivity contribution in [2.24, 2.45) is 0 Å². The number of aromatic carboxylic acids is 1. The molecule has 2 N–H and O–H groups in total. The molecule has 0 saturated heterocycles. The van der Waals surface area contributed by atoms with Crippen molar-refractivity contribution in [2.75, 3.05) is 5.32 Å². The first-order chi connectivity index (χ1) is 10.1. The zero-order valence-electron chi connectivity index (χ0n) is 11.7. The number of hydrogen-bond acceptors (Lipinski definition) is 5. The minimum atomic E-state index is -1.31. The van der Waals surface area contributed by atoms with Gasteiger partial charge < -0.3 is 10.4 Å². The molecule has 0 aliphatic heterocycles. The van der Waals surface area contributed by atoms with Gasteiger partial charge in [-0.15, -0.1) is 0 Å². The van der Waals surface area contributed by atoms with Crippen LogP contribution in [-0.4, -0.2) is 27.0 Å². The molecule has 21 heavy (non-hydrogen) atoms. The van der Waals surface area contributed by atoms with E-state index in [-0.39, 0.29) is 11.6 Å². The van der Waals surface area contributed by atoms with Crippen LogP contribution in [-0.2, 0) is 0 Å². The summed E-state index contributed by atoms with van der Waals surface area (Å²) in [6.07, 6.45) is 9.01. The molecule has 1 heterocycles. The summed E-state index contributed by atoms with van der Waals surface area (Å²) in [7, 11) is 0. The molecule has 0 atom stereocenters. The van der Waals surface area contributed by atoms with Crippen LogP contribution in [0.4, 0.5) is 11.5 Å². The maximum atomic E-state index is 11.1. The summed E-state index contributed by atoms with van der Waals surface area (Å²) in [6, 6.07) is 1.50. The zero-order valence-corrected chi connectivity index (χ0v) is 11.7. The summed E-state index contributed by atoms with van der Waals surface area (Å²) in [5, 5.41) is 23.1.